The fourth-order valence-corrected chi connectivity index (χ4v) is 4.20. The molecule has 2 saturated heterocycles. The van der Waals surface area contributed by atoms with Crippen molar-refractivity contribution in [2.75, 3.05) is 51.3 Å². The fourth-order valence-electron chi connectivity index (χ4n) is 4.20. The molecule has 1 aromatic rings. The van der Waals surface area contributed by atoms with Gasteiger partial charge in [-0.15, -0.1) is 13.2 Å². The Balaban J connectivity index is 1.56. The van der Waals surface area contributed by atoms with Crippen molar-refractivity contribution >= 4 is 17.7 Å². The molecule has 0 saturated carbocycles. The number of urea groups is 1. The molecule has 0 spiro atoms. The van der Waals surface area contributed by atoms with E-state index in [0.717, 1.165) is 38.2 Å². The number of ether oxygens (including phenoxy) is 2. The highest BCUT2D eigenvalue weighted by Gasteiger charge is 2.33. The fraction of sp³-hybridized carbons (Fsp3) is 0.619. The molecule has 0 radical (unpaired) electrons. The Morgan fingerprint density at radius 2 is 1.81 bits per heavy atom. The van der Waals surface area contributed by atoms with E-state index < -0.39 is 12.3 Å². The first kappa shape index (κ1) is 24.1. The normalized spacial score (nSPS) is 22.4. The van der Waals surface area contributed by atoms with Gasteiger partial charge < -0.3 is 24.8 Å². The number of alkyl halides is 3. The molecule has 3 rings (SSSR count). The van der Waals surface area contributed by atoms with E-state index in [-0.39, 0.29) is 30.0 Å². The highest BCUT2D eigenvalue weighted by molar-refractivity contribution is 5.89. The minimum Gasteiger partial charge on any atom is -0.481 e. The molecule has 2 amide bonds. The smallest absolute Gasteiger partial charge is 0.481 e. The Hall–Kier alpha value is -2.53. The van der Waals surface area contributed by atoms with Crippen LogP contribution in [0.4, 0.5) is 23.7 Å². The second-order valence-electron chi connectivity index (χ2n) is 8.10. The number of benzene rings is 1. The lowest BCUT2D eigenvalue weighted by molar-refractivity contribution is -0.274. The van der Waals surface area contributed by atoms with Gasteiger partial charge in [-0.2, -0.15) is 0 Å². The van der Waals surface area contributed by atoms with Gasteiger partial charge in [0.15, 0.2) is 0 Å². The third kappa shape index (κ3) is 7.56. The van der Waals surface area contributed by atoms with Crippen LogP contribution in [-0.2, 0) is 9.53 Å². The number of nitrogens with one attached hydrogen (secondary N) is 1. The van der Waals surface area contributed by atoms with Gasteiger partial charge in [0, 0.05) is 38.3 Å². The van der Waals surface area contributed by atoms with E-state index in [2.05, 4.69) is 15.0 Å². The zero-order valence-electron chi connectivity index (χ0n) is 17.6. The molecule has 2 heterocycles. The van der Waals surface area contributed by atoms with Crippen LogP contribution in [0.2, 0.25) is 0 Å². The topological polar surface area (TPSA) is 91.3 Å². The maximum absolute atomic E-state index is 12.7. The summed E-state index contributed by atoms with van der Waals surface area (Å²) in [7, 11) is 0. The monoisotopic (exact) mass is 459 g/mol. The Labute approximate surface area is 184 Å². The maximum Gasteiger partial charge on any atom is 0.573 e. The zero-order valence-corrected chi connectivity index (χ0v) is 17.6. The second-order valence-corrected chi connectivity index (χ2v) is 8.10. The molecule has 8 nitrogen and oxygen atoms in total. The largest absolute Gasteiger partial charge is 0.573 e. The van der Waals surface area contributed by atoms with E-state index in [9.17, 15) is 27.9 Å². The van der Waals surface area contributed by atoms with Crippen LogP contribution in [0.25, 0.3) is 0 Å². The molecule has 2 aliphatic heterocycles. The summed E-state index contributed by atoms with van der Waals surface area (Å²) in [6.45, 7) is 4.73. The number of carbonyl (C=O) groups is 2. The number of likely N-dealkylation sites (tertiary alicyclic amines) is 1. The second kappa shape index (κ2) is 10.9. The first-order valence-electron chi connectivity index (χ1n) is 10.6. The molecule has 2 atom stereocenters. The Morgan fingerprint density at radius 1 is 1.12 bits per heavy atom. The van der Waals surface area contributed by atoms with Crippen LogP contribution in [0, 0.1) is 11.8 Å². The standard InChI is InChI=1S/C21H28F3N3O5/c22-21(23,24)32-18-3-1-17(2-4-18)25-20(30)27-8-6-15(13-19(28)29)16(14-27)5-7-26-9-11-31-12-10-26/h1-4,15-16H,5-14H2,(H,25,30)(H,28,29). The van der Waals surface area contributed by atoms with E-state index >= 15 is 0 Å². The minimum atomic E-state index is -4.78. The Kier molecular flexibility index (Phi) is 8.19. The number of carboxylic acid groups (broad SMARTS) is 1. The van der Waals surface area contributed by atoms with E-state index in [1.54, 1.807) is 4.90 Å². The average Bonchev–Trinajstić information content (AvgIpc) is 2.73. The van der Waals surface area contributed by atoms with Gasteiger partial charge in [-0.05, 0) is 55.5 Å². The number of hydrogen-bond donors (Lipinski definition) is 2. The maximum atomic E-state index is 12.7. The van der Waals surface area contributed by atoms with Gasteiger partial charge in [-0.25, -0.2) is 4.79 Å². The summed E-state index contributed by atoms with van der Waals surface area (Å²) >= 11 is 0. The molecule has 0 aromatic heterocycles. The summed E-state index contributed by atoms with van der Waals surface area (Å²) in [6.07, 6.45) is -3.33. The molecule has 178 valence electrons. The summed E-state index contributed by atoms with van der Waals surface area (Å²) in [5.74, 6) is -1.16. The van der Waals surface area contributed by atoms with Gasteiger partial charge in [-0.1, -0.05) is 0 Å². The highest BCUT2D eigenvalue weighted by Crippen LogP contribution is 2.30. The van der Waals surface area contributed by atoms with Crippen LogP contribution in [0.15, 0.2) is 24.3 Å². The average molecular weight is 459 g/mol. The molecule has 2 aliphatic rings. The van der Waals surface area contributed by atoms with E-state index in [1.807, 2.05) is 0 Å². The van der Waals surface area contributed by atoms with Crippen LogP contribution in [0.5, 0.6) is 5.75 Å². The molecule has 1 aromatic carbocycles. The number of hydrogen-bond acceptors (Lipinski definition) is 5. The van der Waals surface area contributed by atoms with Gasteiger partial charge in [-0.3, -0.25) is 9.69 Å². The summed E-state index contributed by atoms with van der Waals surface area (Å²) in [6, 6.07) is 4.58. The SMILES string of the molecule is O=C(O)CC1CCN(C(=O)Nc2ccc(OC(F)(F)F)cc2)CC1CCN1CCOCC1. The number of anilines is 1. The molecule has 0 aliphatic carbocycles. The van der Waals surface area contributed by atoms with E-state index in [1.165, 1.54) is 12.1 Å². The van der Waals surface area contributed by atoms with Crippen LogP contribution >= 0.6 is 0 Å². The number of amides is 2. The van der Waals surface area contributed by atoms with Crippen LogP contribution < -0.4 is 10.1 Å². The van der Waals surface area contributed by atoms with Crippen LogP contribution in [0.1, 0.15) is 19.3 Å². The van der Waals surface area contributed by atoms with Crippen LogP contribution in [-0.4, -0.2) is 79.2 Å². The molecule has 0 bridgehead atoms. The molecular formula is C21H28F3N3O5. The van der Waals surface area contributed by atoms with Crippen molar-refractivity contribution in [3.63, 3.8) is 0 Å². The molecule has 2 fully saturated rings. The summed E-state index contributed by atoms with van der Waals surface area (Å²) in [5.41, 5.74) is 0.349. The lowest BCUT2D eigenvalue weighted by atomic mass is 9.81. The van der Waals surface area contributed by atoms with Gasteiger partial charge in [0.25, 0.3) is 0 Å². The lowest BCUT2D eigenvalue weighted by Crippen LogP contribution is -2.47. The van der Waals surface area contributed by atoms with Crippen LogP contribution in [0.3, 0.4) is 0 Å². The Bertz CT molecular complexity index is 769. The molecule has 2 unspecified atom stereocenters. The zero-order chi connectivity index (χ0) is 23.1. The quantitative estimate of drug-likeness (QED) is 0.651. The van der Waals surface area contributed by atoms with Crippen molar-refractivity contribution in [1.29, 1.82) is 0 Å². The first-order valence-corrected chi connectivity index (χ1v) is 10.6. The molecule has 2 N–H and O–H groups in total. The van der Waals surface area contributed by atoms with Crippen molar-refractivity contribution in [2.24, 2.45) is 11.8 Å². The number of rotatable bonds is 7. The number of piperidine rings is 1. The van der Waals surface area contributed by atoms with Crippen molar-refractivity contribution < 1.29 is 37.3 Å². The third-order valence-corrected chi connectivity index (χ3v) is 5.87. The third-order valence-electron chi connectivity index (χ3n) is 5.87. The molecular weight excluding hydrogens is 431 g/mol. The van der Waals surface area contributed by atoms with Crippen molar-refractivity contribution in [1.82, 2.24) is 9.80 Å². The van der Waals surface area contributed by atoms with E-state index in [4.69, 9.17) is 4.74 Å². The number of carboxylic acids is 1. The number of halogens is 3. The molecule has 32 heavy (non-hydrogen) atoms. The summed E-state index contributed by atoms with van der Waals surface area (Å²) in [4.78, 5) is 27.9. The lowest BCUT2D eigenvalue weighted by Gasteiger charge is -2.39. The molecule has 11 heteroatoms. The predicted octanol–water partition coefficient (Wildman–Crippen LogP) is 3.25. The number of carbonyl (C=O) groups excluding carboxylic acids is 1. The highest BCUT2D eigenvalue weighted by atomic mass is 19.4. The Morgan fingerprint density at radius 3 is 2.44 bits per heavy atom. The summed E-state index contributed by atoms with van der Waals surface area (Å²) < 4.78 is 46.0. The first-order chi connectivity index (χ1) is 15.2. The number of aliphatic carboxylic acids is 1. The van der Waals surface area contributed by atoms with Crippen molar-refractivity contribution in [2.45, 2.75) is 25.6 Å². The van der Waals surface area contributed by atoms with Crippen molar-refractivity contribution in [3.8, 4) is 5.75 Å². The van der Waals surface area contributed by atoms with Gasteiger partial charge >= 0.3 is 18.4 Å². The van der Waals surface area contributed by atoms with E-state index in [0.29, 0.717) is 38.4 Å². The van der Waals surface area contributed by atoms with Gasteiger partial charge in [0.2, 0.25) is 0 Å². The minimum absolute atomic E-state index is 0.00334. The number of nitrogens with zero attached hydrogens (tertiary/aromatic N) is 2. The van der Waals surface area contributed by atoms with Gasteiger partial charge in [0.1, 0.15) is 5.75 Å². The number of morpholine rings is 1. The predicted molar refractivity (Wildman–Crippen MR) is 109 cm³/mol. The summed E-state index contributed by atoms with van der Waals surface area (Å²) in [5, 5.41) is 12.0. The van der Waals surface area contributed by atoms with Gasteiger partial charge in [0.05, 0.1) is 13.2 Å². The van der Waals surface area contributed by atoms with Crippen molar-refractivity contribution in [3.05, 3.63) is 24.3 Å².